The molecule has 5 heteroatoms. The monoisotopic (exact) mass is 389 g/mol. The number of carbonyl (C=O) groups is 1. The number of methoxy groups -OCH3 is 1. The molecule has 1 amide bonds. The van der Waals surface area contributed by atoms with Crippen LogP contribution in [-0.2, 0) is 11.2 Å². The summed E-state index contributed by atoms with van der Waals surface area (Å²) in [7, 11) is 3.45. The zero-order valence-corrected chi connectivity index (χ0v) is 15.6. The van der Waals surface area contributed by atoms with Crippen molar-refractivity contribution in [2.45, 2.75) is 19.3 Å². The first-order valence-corrected chi connectivity index (χ1v) is 8.71. The van der Waals surface area contributed by atoms with E-state index in [1.54, 1.807) is 12.0 Å². The molecular formula is C19H20BrNO3. The highest BCUT2D eigenvalue weighted by Crippen LogP contribution is 2.40. The Hall–Kier alpha value is -2.01. The van der Waals surface area contributed by atoms with Gasteiger partial charge in [0.2, 0.25) is 5.91 Å². The summed E-state index contributed by atoms with van der Waals surface area (Å²) in [5.74, 6) is 1.37. The van der Waals surface area contributed by atoms with E-state index in [0.717, 1.165) is 27.0 Å². The van der Waals surface area contributed by atoms with E-state index in [1.165, 1.54) is 0 Å². The summed E-state index contributed by atoms with van der Waals surface area (Å²) in [5.41, 5.74) is 3.09. The molecule has 0 aliphatic carbocycles. The summed E-state index contributed by atoms with van der Waals surface area (Å²) in [5, 5.41) is 0. The summed E-state index contributed by atoms with van der Waals surface area (Å²) in [6.07, 6.45) is 0.634. The second-order valence-electron chi connectivity index (χ2n) is 5.78. The SMILES string of the molecule is CCOc1ccc(C[C@H]2C(=O)N(C)c3ccc(Br)cc32)cc1OC. The molecule has 1 aliphatic rings. The van der Waals surface area contributed by atoms with Crippen molar-refractivity contribution in [1.82, 2.24) is 0 Å². The lowest BCUT2D eigenvalue weighted by Gasteiger charge is -2.14. The van der Waals surface area contributed by atoms with Crippen LogP contribution in [0, 0.1) is 0 Å². The normalized spacial score (nSPS) is 16.2. The van der Waals surface area contributed by atoms with Gasteiger partial charge in [0.15, 0.2) is 11.5 Å². The van der Waals surface area contributed by atoms with Gasteiger partial charge < -0.3 is 14.4 Å². The predicted molar refractivity (Wildman–Crippen MR) is 98.2 cm³/mol. The fraction of sp³-hybridized carbons (Fsp3) is 0.316. The molecule has 24 heavy (non-hydrogen) atoms. The number of nitrogens with zero attached hydrogens (tertiary/aromatic N) is 1. The van der Waals surface area contributed by atoms with Crippen molar-refractivity contribution in [1.29, 1.82) is 0 Å². The number of anilines is 1. The van der Waals surface area contributed by atoms with Gasteiger partial charge in [0.1, 0.15) is 0 Å². The number of halogens is 1. The van der Waals surface area contributed by atoms with Gasteiger partial charge in [-0.05, 0) is 54.8 Å². The molecule has 1 heterocycles. The van der Waals surface area contributed by atoms with Crippen molar-refractivity contribution in [3.8, 4) is 11.5 Å². The van der Waals surface area contributed by atoms with Gasteiger partial charge in [-0.2, -0.15) is 0 Å². The molecule has 0 spiro atoms. The maximum Gasteiger partial charge on any atom is 0.234 e. The first-order chi connectivity index (χ1) is 11.5. The Morgan fingerprint density at radius 2 is 1.96 bits per heavy atom. The summed E-state index contributed by atoms with van der Waals surface area (Å²) in [6.45, 7) is 2.53. The van der Waals surface area contributed by atoms with Crippen LogP contribution in [0.1, 0.15) is 24.0 Å². The van der Waals surface area contributed by atoms with Gasteiger partial charge in [0.25, 0.3) is 0 Å². The fourth-order valence-corrected chi connectivity index (χ4v) is 3.52. The van der Waals surface area contributed by atoms with Gasteiger partial charge in [-0.3, -0.25) is 4.79 Å². The molecule has 0 radical (unpaired) electrons. The van der Waals surface area contributed by atoms with E-state index in [-0.39, 0.29) is 11.8 Å². The highest BCUT2D eigenvalue weighted by Gasteiger charge is 2.35. The number of rotatable bonds is 5. The van der Waals surface area contributed by atoms with Crippen LogP contribution in [0.3, 0.4) is 0 Å². The van der Waals surface area contributed by atoms with E-state index in [4.69, 9.17) is 9.47 Å². The van der Waals surface area contributed by atoms with Crippen molar-refractivity contribution >= 4 is 27.5 Å². The quantitative estimate of drug-likeness (QED) is 0.770. The van der Waals surface area contributed by atoms with Gasteiger partial charge in [0.05, 0.1) is 19.6 Å². The lowest BCUT2D eigenvalue weighted by Crippen LogP contribution is -2.24. The van der Waals surface area contributed by atoms with Crippen LogP contribution in [0.2, 0.25) is 0 Å². The lowest BCUT2D eigenvalue weighted by molar-refractivity contribution is -0.119. The van der Waals surface area contributed by atoms with Crippen LogP contribution < -0.4 is 14.4 Å². The zero-order chi connectivity index (χ0) is 17.3. The van der Waals surface area contributed by atoms with Gasteiger partial charge in [0, 0.05) is 17.2 Å². The molecule has 0 N–H and O–H groups in total. The van der Waals surface area contributed by atoms with E-state index in [2.05, 4.69) is 15.9 Å². The number of hydrogen-bond acceptors (Lipinski definition) is 3. The Kier molecular flexibility index (Phi) is 4.81. The smallest absolute Gasteiger partial charge is 0.234 e. The predicted octanol–water partition coefficient (Wildman–Crippen LogP) is 4.16. The molecule has 126 valence electrons. The van der Waals surface area contributed by atoms with E-state index >= 15 is 0 Å². The number of likely N-dealkylation sites (N-methyl/N-ethyl adjacent to an activating group) is 1. The van der Waals surface area contributed by atoms with E-state index in [0.29, 0.717) is 18.8 Å². The summed E-state index contributed by atoms with van der Waals surface area (Å²) >= 11 is 3.50. The number of ether oxygens (including phenoxy) is 2. The minimum absolute atomic E-state index is 0.121. The average molecular weight is 390 g/mol. The highest BCUT2D eigenvalue weighted by atomic mass is 79.9. The molecule has 0 aromatic heterocycles. The van der Waals surface area contributed by atoms with E-state index in [9.17, 15) is 4.79 Å². The van der Waals surface area contributed by atoms with Gasteiger partial charge in [-0.15, -0.1) is 0 Å². The molecule has 2 aromatic rings. The standard InChI is InChI=1S/C19H20BrNO3/c1-4-24-17-8-5-12(10-18(17)23-3)9-15-14-11-13(20)6-7-16(14)21(2)19(15)22/h5-8,10-11,15H,4,9H2,1-3H3/t15-/m1/s1. The topological polar surface area (TPSA) is 38.8 Å². The Morgan fingerprint density at radius 1 is 1.17 bits per heavy atom. The number of fused-ring (bicyclic) bond motifs is 1. The molecule has 1 atom stereocenters. The molecule has 0 bridgehead atoms. The minimum atomic E-state index is -0.176. The highest BCUT2D eigenvalue weighted by molar-refractivity contribution is 9.10. The second kappa shape index (κ2) is 6.85. The third kappa shape index (κ3) is 3.00. The number of benzene rings is 2. The zero-order valence-electron chi connectivity index (χ0n) is 14.0. The van der Waals surface area contributed by atoms with Crippen molar-refractivity contribution in [3.63, 3.8) is 0 Å². The van der Waals surface area contributed by atoms with Crippen molar-refractivity contribution in [2.75, 3.05) is 25.7 Å². The van der Waals surface area contributed by atoms with Gasteiger partial charge in [-0.1, -0.05) is 22.0 Å². The second-order valence-corrected chi connectivity index (χ2v) is 6.69. The molecule has 0 unspecified atom stereocenters. The molecule has 0 fully saturated rings. The fourth-order valence-electron chi connectivity index (χ4n) is 3.14. The molecular weight excluding hydrogens is 370 g/mol. The number of amides is 1. The first-order valence-electron chi connectivity index (χ1n) is 7.92. The Bertz CT molecular complexity index is 775. The Morgan fingerprint density at radius 3 is 2.67 bits per heavy atom. The Balaban J connectivity index is 1.92. The molecule has 0 saturated heterocycles. The number of hydrogen-bond donors (Lipinski definition) is 0. The van der Waals surface area contributed by atoms with Crippen LogP contribution in [0.25, 0.3) is 0 Å². The summed E-state index contributed by atoms with van der Waals surface area (Å²) in [4.78, 5) is 14.4. The van der Waals surface area contributed by atoms with Crippen LogP contribution >= 0.6 is 15.9 Å². The van der Waals surface area contributed by atoms with Crippen molar-refractivity contribution in [3.05, 3.63) is 52.0 Å². The third-order valence-corrected chi connectivity index (χ3v) is 4.82. The van der Waals surface area contributed by atoms with Gasteiger partial charge >= 0.3 is 0 Å². The average Bonchev–Trinajstić information content (AvgIpc) is 2.81. The third-order valence-electron chi connectivity index (χ3n) is 4.32. The summed E-state index contributed by atoms with van der Waals surface area (Å²) in [6, 6.07) is 11.8. The lowest BCUT2D eigenvalue weighted by atomic mass is 9.93. The van der Waals surface area contributed by atoms with Crippen LogP contribution in [0.15, 0.2) is 40.9 Å². The van der Waals surface area contributed by atoms with Crippen LogP contribution in [0.4, 0.5) is 5.69 Å². The van der Waals surface area contributed by atoms with E-state index < -0.39 is 0 Å². The van der Waals surface area contributed by atoms with Crippen molar-refractivity contribution in [2.24, 2.45) is 0 Å². The molecule has 3 rings (SSSR count). The van der Waals surface area contributed by atoms with Crippen LogP contribution in [-0.4, -0.2) is 26.7 Å². The maximum atomic E-state index is 12.7. The minimum Gasteiger partial charge on any atom is -0.493 e. The number of carbonyl (C=O) groups excluding carboxylic acids is 1. The largest absolute Gasteiger partial charge is 0.493 e. The molecule has 0 saturated carbocycles. The molecule has 2 aromatic carbocycles. The maximum absolute atomic E-state index is 12.7. The van der Waals surface area contributed by atoms with Crippen molar-refractivity contribution < 1.29 is 14.3 Å². The van der Waals surface area contributed by atoms with Crippen LogP contribution in [0.5, 0.6) is 11.5 Å². The molecule has 4 nitrogen and oxygen atoms in total. The van der Waals surface area contributed by atoms with E-state index in [1.807, 2.05) is 50.4 Å². The molecule has 1 aliphatic heterocycles. The van der Waals surface area contributed by atoms with Gasteiger partial charge in [-0.25, -0.2) is 0 Å². The Labute approximate surface area is 150 Å². The first kappa shape index (κ1) is 16.8. The summed E-state index contributed by atoms with van der Waals surface area (Å²) < 4.78 is 12.0.